The molecule has 3 aromatic heterocycles. The fraction of sp³-hybridized carbons (Fsp3) is 0.118. The summed E-state index contributed by atoms with van der Waals surface area (Å²) in [5.74, 6) is 0.121. The summed E-state index contributed by atoms with van der Waals surface area (Å²) in [5.41, 5.74) is 1.60. The van der Waals surface area contributed by atoms with Gasteiger partial charge < -0.3 is 5.11 Å². The number of H-pyrrole nitrogens is 1. The van der Waals surface area contributed by atoms with Gasteiger partial charge in [-0.25, -0.2) is 9.36 Å². The lowest BCUT2D eigenvalue weighted by Gasteiger charge is -2.06. The van der Waals surface area contributed by atoms with Crippen molar-refractivity contribution in [3.63, 3.8) is 0 Å². The Kier molecular flexibility index (Phi) is 5.10. The first-order valence-electron chi connectivity index (χ1n) is 7.59. The lowest BCUT2D eigenvalue weighted by molar-refractivity contribution is -0.599. The second-order valence-electron chi connectivity index (χ2n) is 5.08. The number of pyridine rings is 2. The van der Waals surface area contributed by atoms with Gasteiger partial charge in [0.05, 0.1) is 18.6 Å². The van der Waals surface area contributed by atoms with Crippen LogP contribution in [-0.4, -0.2) is 22.1 Å². The molecule has 0 radical (unpaired) electrons. The molecule has 0 aliphatic rings. The molecule has 0 atom stereocenters. The number of nitrogens with zero attached hydrogens (tertiary/aromatic N) is 4. The van der Waals surface area contributed by atoms with Crippen molar-refractivity contribution in [3.05, 3.63) is 74.7 Å². The number of thiazole rings is 1. The average molecular weight is 353 g/mol. The van der Waals surface area contributed by atoms with Crippen LogP contribution in [0.4, 0.5) is 0 Å². The number of rotatable bonds is 5. The van der Waals surface area contributed by atoms with Crippen LogP contribution in [0, 0.1) is 0 Å². The van der Waals surface area contributed by atoms with Crippen LogP contribution >= 0.6 is 11.3 Å². The average Bonchev–Trinajstić information content (AvgIpc) is 3.03. The Morgan fingerprint density at radius 3 is 2.72 bits per heavy atom. The maximum atomic E-state index is 11.9. The molecule has 0 aliphatic heterocycles. The third-order valence-corrected chi connectivity index (χ3v) is 4.28. The minimum atomic E-state index is -0.469. The first-order valence-corrected chi connectivity index (χ1v) is 8.41. The zero-order valence-corrected chi connectivity index (χ0v) is 14.2. The van der Waals surface area contributed by atoms with E-state index in [0.717, 1.165) is 17.8 Å². The number of hydrogen-bond donors (Lipinski definition) is 1. The summed E-state index contributed by atoms with van der Waals surface area (Å²) < 4.78 is 1.79. The Morgan fingerprint density at radius 2 is 2.04 bits per heavy atom. The van der Waals surface area contributed by atoms with E-state index in [1.54, 1.807) is 16.7 Å². The Morgan fingerprint density at radius 1 is 1.32 bits per heavy atom. The van der Waals surface area contributed by atoms with E-state index in [4.69, 9.17) is 0 Å². The monoisotopic (exact) mass is 353 g/mol. The third-order valence-electron chi connectivity index (χ3n) is 3.47. The first-order chi connectivity index (χ1) is 12.2. The van der Waals surface area contributed by atoms with Crippen LogP contribution < -0.4 is 14.5 Å². The van der Waals surface area contributed by atoms with E-state index in [0.29, 0.717) is 16.3 Å². The number of hydrogen-bond acceptors (Lipinski definition) is 6. The lowest BCUT2D eigenvalue weighted by Crippen LogP contribution is -2.31. The highest BCUT2D eigenvalue weighted by Crippen LogP contribution is 2.07. The molecule has 3 aromatic rings. The van der Waals surface area contributed by atoms with Gasteiger partial charge in [-0.2, -0.15) is 15.2 Å². The molecule has 1 N–H and O–H groups in total. The molecule has 0 fully saturated rings. The molecule has 0 saturated heterocycles. The standard InChI is InChI=1S/C17H15N5O2S/c1-2-12-5-9-22(10-6-12)15-14(25-17(24)20-15)11-19-21-16(23)13-3-7-18-8-4-13/h3-11H,2H2,1H3,(H-,18,19,20,21,23,24). The molecule has 0 amide bonds. The molecule has 3 rings (SSSR count). The normalized spacial score (nSPS) is 12.0. The van der Waals surface area contributed by atoms with Crippen molar-refractivity contribution in [2.75, 3.05) is 0 Å². The Bertz CT molecular complexity index is 959. The predicted molar refractivity (Wildman–Crippen MR) is 94.2 cm³/mol. The minimum Gasteiger partial charge on any atom is -0.857 e. The summed E-state index contributed by atoms with van der Waals surface area (Å²) >= 11 is 1.00. The summed E-state index contributed by atoms with van der Waals surface area (Å²) in [6.45, 7) is 2.07. The van der Waals surface area contributed by atoms with Crippen molar-refractivity contribution < 1.29 is 9.67 Å². The van der Waals surface area contributed by atoms with Gasteiger partial charge >= 0.3 is 10.7 Å². The molecule has 3 heterocycles. The molecular weight excluding hydrogens is 338 g/mol. The Labute approximate surface area is 147 Å². The van der Waals surface area contributed by atoms with Gasteiger partial charge in [0, 0.05) is 18.3 Å². The van der Waals surface area contributed by atoms with Gasteiger partial charge in [0.25, 0.3) is 0 Å². The summed E-state index contributed by atoms with van der Waals surface area (Å²) in [6, 6.07) is 7.08. The molecular formula is C17H15N5O2S. The Hall–Kier alpha value is -3.13. The van der Waals surface area contributed by atoms with Crippen LogP contribution in [0.3, 0.4) is 0 Å². The predicted octanol–water partition coefficient (Wildman–Crippen LogP) is 0.811. The van der Waals surface area contributed by atoms with Gasteiger partial charge in [0.1, 0.15) is 4.88 Å². The smallest absolute Gasteiger partial charge is 0.390 e. The first kappa shape index (κ1) is 16.7. The minimum absolute atomic E-state index is 0.205. The lowest BCUT2D eigenvalue weighted by atomic mass is 10.2. The second-order valence-corrected chi connectivity index (χ2v) is 6.09. The highest BCUT2D eigenvalue weighted by Gasteiger charge is 2.15. The molecule has 0 aromatic carbocycles. The molecule has 0 unspecified atom stereocenters. The molecule has 0 aliphatic carbocycles. The van der Waals surface area contributed by atoms with Crippen molar-refractivity contribution in [1.82, 2.24) is 9.97 Å². The van der Waals surface area contributed by atoms with Crippen LogP contribution in [0.5, 0.6) is 0 Å². The molecule has 0 bridgehead atoms. The quantitative estimate of drug-likeness (QED) is 0.318. The molecule has 0 spiro atoms. The van der Waals surface area contributed by atoms with E-state index in [1.807, 2.05) is 24.5 Å². The van der Waals surface area contributed by atoms with E-state index in [9.17, 15) is 9.90 Å². The fourth-order valence-electron chi connectivity index (χ4n) is 2.14. The summed E-state index contributed by atoms with van der Waals surface area (Å²) in [7, 11) is 0. The number of aromatic nitrogens is 3. The highest BCUT2D eigenvalue weighted by atomic mass is 32.1. The second kappa shape index (κ2) is 7.63. The number of nitrogens with one attached hydrogen (secondary N) is 1. The van der Waals surface area contributed by atoms with Crippen LogP contribution in [0.15, 0.2) is 64.1 Å². The largest absolute Gasteiger partial charge is 0.857 e. The zero-order valence-electron chi connectivity index (χ0n) is 13.4. The topological polar surface area (TPSA) is 97.4 Å². The van der Waals surface area contributed by atoms with Crippen LogP contribution in [-0.2, 0) is 6.42 Å². The zero-order chi connectivity index (χ0) is 17.6. The number of aromatic amines is 1. The van der Waals surface area contributed by atoms with Gasteiger partial charge in [-0.3, -0.25) is 4.98 Å². The Balaban J connectivity index is 1.87. The van der Waals surface area contributed by atoms with Gasteiger partial charge in [0.15, 0.2) is 0 Å². The fourth-order valence-corrected chi connectivity index (χ4v) is 2.84. The van der Waals surface area contributed by atoms with E-state index < -0.39 is 5.90 Å². The molecule has 25 heavy (non-hydrogen) atoms. The van der Waals surface area contributed by atoms with Gasteiger partial charge in [-0.15, -0.1) is 0 Å². The number of aryl methyl sites for hydroxylation is 1. The molecule has 8 heteroatoms. The van der Waals surface area contributed by atoms with E-state index in [-0.39, 0.29) is 4.87 Å². The summed E-state index contributed by atoms with van der Waals surface area (Å²) in [6.07, 6.45) is 9.10. The van der Waals surface area contributed by atoms with Crippen molar-refractivity contribution >= 4 is 23.4 Å². The van der Waals surface area contributed by atoms with Crippen molar-refractivity contribution in [3.8, 4) is 5.82 Å². The third kappa shape index (κ3) is 4.04. The van der Waals surface area contributed by atoms with Crippen LogP contribution in [0.2, 0.25) is 0 Å². The van der Waals surface area contributed by atoms with Crippen molar-refractivity contribution in [1.29, 1.82) is 0 Å². The summed E-state index contributed by atoms with van der Waals surface area (Å²) in [5, 5.41) is 19.4. The van der Waals surface area contributed by atoms with E-state index in [1.165, 1.54) is 24.2 Å². The van der Waals surface area contributed by atoms with E-state index in [2.05, 4.69) is 27.1 Å². The molecule has 7 nitrogen and oxygen atoms in total. The highest BCUT2D eigenvalue weighted by molar-refractivity contribution is 7.11. The van der Waals surface area contributed by atoms with Crippen LogP contribution in [0.25, 0.3) is 5.82 Å². The maximum absolute atomic E-state index is 11.9. The maximum Gasteiger partial charge on any atom is 0.390 e. The van der Waals surface area contributed by atoms with Crippen molar-refractivity contribution in [2.24, 2.45) is 10.2 Å². The van der Waals surface area contributed by atoms with Crippen molar-refractivity contribution in [2.45, 2.75) is 13.3 Å². The molecule has 0 saturated carbocycles. The summed E-state index contributed by atoms with van der Waals surface area (Å²) in [4.78, 5) is 18.7. The van der Waals surface area contributed by atoms with Gasteiger partial charge in [-0.1, -0.05) is 6.92 Å². The van der Waals surface area contributed by atoms with E-state index >= 15 is 0 Å². The van der Waals surface area contributed by atoms with Gasteiger partial charge in [-0.05, 0) is 53.1 Å². The SMILES string of the molecule is CCc1cc[n+](-c2[nH]c(=O)sc2/C=N/N=C([O-])c2ccncc2)cc1. The van der Waals surface area contributed by atoms with Gasteiger partial charge in [0.2, 0.25) is 0 Å². The molecule has 126 valence electrons. The van der Waals surface area contributed by atoms with Crippen LogP contribution in [0.1, 0.15) is 22.9 Å².